The molecule has 3 atom stereocenters. The number of hydrogen-bond acceptors (Lipinski definition) is 6. The van der Waals surface area contributed by atoms with E-state index in [2.05, 4.69) is 5.32 Å². The van der Waals surface area contributed by atoms with E-state index in [1.165, 1.54) is 0 Å². The fourth-order valence-corrected chi connectivity index (χ4v) is 2.01. The molecule has 0 aliphatic carbocycles. The summed E-state index contributed by atoms with van der Waals surface area (Å²) in [5, 5.41) is 19.6. The zero-order chi connectivity index (χ0) is 21.7. The summed E-state index contributed by atoms with van der Waals surface area (Å²) in [7, 11) is 0. The Balaban J connectivity index is 0. The minimum Gasteiger partial charge on any atom is -0.480 e. The van der Waals surface area contributed by atoms with E-state index < -0.39 is 41.9 Å². The lowest BCUT2D eigenvalue weighted by Crippen LogP contribution is -2.49. The largest absolute Gasteiger partial charge is 0.480 e. The lowest BCUT2D eigenvalue weighted by atomic mass is 10.0. The van der Waals surface area contributed by atoms with Gasteiger partial charge >= 0.3 is 11.9 Å². The quantitative estimate of drug-likeness (QED) is 0.274. The van der Waals surface area contributed by atoms with Crippen LogP contribution in [0.3, 0.4) is 0 Å². The van der Waals surface area contributed by atoms with E-state index in [1.54, 1.807) is 0 Å². The van der Waals surface area contributed by atoms with Crippen molar-refractivity contribution in [3.8, 4) is 0 Å². The molecule has 27 heavy (non-hydrogen) atoms. The van der Waals surface area contributed by atoms with Crippen molar-refractivity contribution in [2.24, 2.45) is 29.0 Å². The molecular formula is C17H34N4O6. The molecule has 0 bridgehead atoms. The number of primary amides is 1. The molecule has 0 saturated heterocycles. The Hall–Kier alpha value is -2.20. The van der Waals surface area contributed by atoms with Gasteiger partial charge in [0.15, 0.2) is 0 Å². The molecule has 158 valence electrons. The van der Waals surface area contributed by atoms with E-state index in [4.69, 9.17) is 27.4 Å². The number of amides is 2. The van der Waals surface area contributed by atoms with Crippen molar-refractivity contribution < 1.29 is 29.4 Å². The molecule has 9 N–H and O–H groups in total. The van der Waals surface area contributed by atoms with Gasteiger partial charge in [0.05, 0.1) is 6.04 Å². The molecule has 0 aromatic carbocycles. The second-order valence-corrected chi connectivity index (χ2v) is 7.21. The lowest BCUT2D eigenvalue weighted by Gasteiger charge is -2.19. The number of nitrogens with two attached hydrogens (primary N) is 3. The molecule has 0 heterocycles. The number of carbonyl (C=O) groups excluding carboxylic acids is 2. The van der Waals surface area contributed by atoms with Crippen LogP contribution in [0, 0.1) is 11.8 Å². The molecule has 0 saturated carbocycles. The number of carboxylic acid groups (broad SMARTS) is 2. The van der Waals surface area contributed by atoms with Crippen LogP contribution in [0.4, 0.5) is 0 Å². The van der Waals surface area contributed by atoms with Gasteiger partial charge in [0.2, 0.25) is 11.8 Å². The Morgan fingerprint density at radius 1 is 0.852 bits per heavy atom. The first-order valence-corrected chi connectivity index (χ1v) is 8.83. The maximum absolute atomic E-state index is 11.6. The average Bonchev–Trinajstić information content (AvgIpc) is 2.51. The van der Waals surface area contributed by atoms with Crippen molar-refractivity contribution in [1.82, 2.24) is 5.32 Å². The molecule has 0 aromatic rings. The molecule has 10 heteroatoms. The summed E-state index contributed by atoms with van der Waals surface area (Å²) in [6.45, 7) is 7.61. The summed E-state index contributed by atoms with van der Waals surface area (Å²) in [5.41, 5.74) is 15.7. The summed E-state index contributed by atoms with van der Waals surface area (Å²) in [5.74, 6) is -2.65. The van der Waals surface area contributed by atoms with Crippen LogP contribution in [0.25, 0.3) is 0 Å². The van der Waals surface area contributed by atoms with Gasteiger partial charge in [-0.15, -0.1) is 0 Å². The van der Waals surface area contributed by atoms with E-state index in [-0.39, 0.29) is 18.8 Å². The molecule has 0 fully saturated rings. The van der Waals surface area contributed by atoms with Gasteiger partial charge in [-0.25, -0.2) is 4.79 Å². The highest BCUT2D eigenvalue weighted by atomic mass is 16.4. The Morgan fingerprint density at radius 2 is 1.33 bits per heavy atom. The molecule has 0 radical (unpaired) electrons. The molecule has 10 nitrogen and oxygen atoms in total. The number of carbonyl (C=O) groups is 4. The van der Waals surface area contributed by atoms with E-state index in [1.807, 2.05) is 27.7 Å². The molecule has 0 unspecified atom stereocenters. The molecule has 0 rings (SSSR count). The molecule has 0 spiro atoms. The van der Waals surface area contributed by atoms with E-state index in [0.717, 1.165) is 0 Å². The predicted molar refractivity (Wildman–Crippen MR) is 100 cm³/mol. The van der Waals surface area contributed by atoms with Crippen LogP contribution in [0.15, 0.2) is 0 Å². The Kier molecular flexibility index (Phi) is 13.9. The topological polar surface area (TPSA) is 199 Å². The number of nitrogens with one attached hydrogen (secondary N) is 1. The molecular weight excluding hydrogens is 356 g/mol. The Bertz CT molecular complexity index is 496. The molecule has 0 aliphatic rings. The summed E-state index contributed by atoms with van der Waals surface area (Å²) >= 11 is 0. The second-order valence-electron chi connectivity index (χ2n) is 7.21. The van der Waals surface area contributed by atoms with Gasteiger partial charge in [0, 0.05) is 6.42 Å². The minimum atomic E-state index is -1.10. The van der Waals surface area contributed by atoms with Crippen LogP contribution < -0.4 is 22.5 Å². The fraction of sp³-hybridized carbons (Fsp3) is 0.765. The highest BCUT2D eigenvalue weighted by Gasteiger charge is 2.24. The summed E-state index contributed by atoms with van der Waals surface area (Å²) in [6, 6.07) is -2.58. The first-order valence-electron chi connectivity index (χ1n) is 8.83. The van der Waals surface area contributed by atoms with Gasteiger partial charge in [0.25, 0.3) is 0 Å². The van der Waals surface area contributed by atoms with Gasteiger partial charge in [-0.3, -0.25) is 14.4 Å². The summed E-state index contributed by atoms with van der Waals surface area (Å²) in [4.78, 5) is 43.2. The normalized spacial score (nSPS) is 13.9. The lowest BCUT2D eigenvalue weighted by molar-refractivity contribution is -0.142. The number of aliphatic carboxylic acids is 2. The summed E-state index contributed by atoms with van der Waals surface area (Å²) in [6.07, 6.45) is 0.977. The van der Waals surface area contributed by atoms with Crippen LogP contribution in [0.2, 0.25) is 0 Å². The van der Waals surface area contributed by atoms with Crippen LogP contribution in [0.1, 0.15) is 53.4 Å². The predicted octanol–water partition coefficient (Wildman–Crippen LogP) is -0.361. The van der Waals surface area contributed by atoms with Gasteiger partial charge < -0.3 is 32.7 Å². The van der Waals surface area contributed by atoms with Crippen molar-refractivity contribution in [3.63, 3.8) is 0 Å². The van der Waals surface area contributed by atoms with Crippen LogP contribution >= 0.6 is 0 Å². The molecule has 0 aromatic heterocycles. The van der Waals surface area contributed by atoms with Gasteiger partial charge in [0.1, 0.15) is 12.1 Å². The van der Waals surface area contributed by atoms with Crippen molar-refractivity contribution in [1.29, 1.82) is 0 Å². The SMILES string of the molecule is CC(C)C[C@H](N)C(=O)O.CC(C)C[C@H](NC(=O)[C@@H](N)CCC(N)=O)C(=O)O. The van der Waals surface area contributed by atoms with Gasteiger partial charge in [-0.05, 0) is 31.1 Å². The zero-order valence-electron chi connectivity index (χ0n) is 16.5. The van der Waals surface area contributed by atoms with Crippen molar-refractivity contribution in [3.05, 3.63) is 0 Å². The standard InChI is InChI=1S/C11H21N3O4.C6H13NO2/c1-6(2)5-8(11(17)18)14-10(16)7(12)3-4-9(13)15;1-4(2)3-5(7)6(8)9/h6-8H,3-5,12H2,1-2H3,(H2,13,15)(H,14,16)(H,17,18);4-5H,3,7H2,1-2H3,(H,8,9)/t7-,8-;5-/m00/s1. The zero-order valence-corrected chi connectivity index (χ0v) is 16.5. The smallest absolute Gasteiger partial charge is 0.326 e. The third-order valence-corrected chi connectivity index (χ3v) is 3.40. The Morgan fingerprint density at radius 3 is 1.63 bits per heavy atom. The van der Waals surface area contributed by atoms with E-state index >= 15 is 0 Å². The van der Waals surface area contributed by atoms with Crippen molar-refractivity contribution in [2.45, 2.75) is 71.5 Å². The van der Waals surface area contributed by atoms with Crippen LogP contribution in [-0.2, 0) is 19.2 Å². The Labute approximate surface area is 159 Å². The second kappa shape index (κ2) is 13.9. The first-order chi connectivity index (χ1) is 12.3. The van der Waals surface area contributed by atoms with Crippen LogP contribution in [-0.4, -0.2) is 52.1 Å². The van der Waals surface area contributed by atoms with Crippen molar-refractivity contribution in [2.75, 3.05) is 0 Å². The van der Waals surface area contributed by atoms with Crippen molar-refractivity contribution >= 4 is 23.8 Å². The third-order valence-electron chi connectivity index (χ3n) is 3.40. The maximum Gasteiger partial charge on any atom is 0.326 e. The third kappa shape index (κ3) is 15.7. The number of hydrogen-bond donors (Lipinski definition) is 6. The van der Waals surface area contributed by atoms with Gasteiger partial charge in [-0.2, -0.15) is 0 Å². The first kappa shape index (κ1) is 27.0. The molecule has 2 amide bonds. The van der Waals surface area contributed by atoms with Gasteiger partial charge in [-0.1, -0.05) is 27.7 Å². The number of rotatable bonds is 11. The van der Waals surface area contributed by atoms with Crippen LogP contribution in [0.5, 0.6) is 0 Å². The molecule has 0 aliphatic heterocycles. The maximum atomic E-state index is 11.6. The highest BCUT2D eigenvalue weighted by molar-refractivity contribution is 5.87. The number of carboxylic acids is 2. The van der Waals surface area contributed by atoms with E-state index in [9.17, 15) is 19.2 Å². The minimum absolute atomic E-state index is 0.00347. The fourth-order valence-electron chi connectivity index (χ4n) is 2.01. The van der Waals surface area contributed by atoms with E-state index in [0.29, 0.717) is 18.8 Å². The average molecular weight is 390 g/mol. The monoisotopic (exact) mass is 390 g/mol. The summed E-state index contributed by atoms with van der Waals surface area (Å²) < 4.78 is 0. The highest BCUT2D eigenvalue weighted by Crippen LogP contribution is 2.06.